The lowest BCUT2D eigenvalue weighted by atomic mass is 9.82. The van der Waals surface area contributed by atoms with Crippen LogP contribution in [0.4, 0.5) is 0 Å². The second-order valence-electron chi connectivity index (χ2n) is 4.92. The first kappa shape index (κ1) is 10.0. The standard InChI is InChI=1S/C11H23N/c1-4-11(2,3)7-5-10-6-8-12-9-10/h10,12H,4-9H2,1-3H3. The van der Waals surface area contributed by atoms with E-state index >= 15 is 0 Å². The van der Waals surface area contributed by atoms with Crippen molar-refractivity contribution in [3.05, 3.63) is 0 Å². The molecule has 0 aliphatic carbocycles. The van der Waals surface area contributed by atoms with E-state index in [1.807, 2.05) is 0 Å². The summed E-state index contributed by atoms with van der Waals surface area (Å²) in [7, 11) is 0. The van der Waals surface area contributed by atoms with Gasteiger partial charge in [-0.15, -0.1) is 0 Å². The molecule has 1 heteroatoms. The molecule has 0 aromatic heterocycles. The van der Waals surface area contributed by atoms with Crippen LogP contribution < -0.4 is 5.32 Å². The molecule has 0 aromatic rings. The van der Waals surface area contributed by atoms with Crippen LogP contribution in [0.3, 0.4) is 0 Å². The Balaban J connectivity index is 2.15. The van der Waals surface area contributed by atoms with Gasteiger partial charge in [-0.2, -0.15) is 0 Å². The van der Waals surface area contributed by atoms with Crippen molar-refractivity contribution in [1.29, 1.82) is 0 Å². The molecule has 1 rings (SSSR count). The molecule has 1 atom stereocenters. The minimum atomic E-state index is 0.572. The summed E-state index contributed by atoms with van der Waals surface area (Å²) < 4.78 is 0. The van der Waals surface area contributed by atoms with E-state index in [0.717, 1.165) is 5.92 Å². The molecule has 0 aromatic carbocycles. The fourth-order valence-corrected chi connectivity index (χ4v) is 1.73. The van der Waals surface area contributed by atoms with Gasteiger partial charge in [0, 0.05) is 0 Å². The minimum absolute atomic E-state index is 0.572. The number of rotatable bonds is 4. The zero-order valence-electron chi connectivity index (χ0n) is 8.82. The Morgan fingerprint density at radius 2 is 2.17 bits per heavy atom. The van der Waals surface area contributed by atoms with Crippen LogP contribution in [0.25, 0.3) is 0 Å². The summed E-state index contributed by atoms with van der Waals surface area (Å²) in [4.78, 5) is 0. The van der Waals surface area contributed by atoms with Crippen LogP contribution in [0.2, 0.25) is 0 Å². The first-order valence-electron chi connectivity index (χ1n) is 5.35. The molecule has 1 unspecified atom stereocenters. The first-order chi connectivity index (χ1) is 5.64. The monoisotopic (exact) mass is 169 g/mol. The highest BCUT2D eigenvalue weighted by atomic mass is 14.9. The van der Waals surface area contributed by atoms with E-state index in [-0.39, 0.29) is 0 Å². The molecule has 1 nitrogen and oxygen atoms in total. The van der Waals surface area contributed by atoms with Gasteiger partial charge in [-0.05, 0) is 43.7 Å². The van der Waals surface area contributed by atoms with Crippen molar-refractivity contribution in [2.45, 2.75) is 46.5 Å². The van der Waals surface area contributed by atoms with E-state index in [1.54, 1.807) is 0 Å². The van der Waals surface area contributed by atoms with Crippen LogP contribution in [0.5, 0.6) is 0 Å². The summed E-state index contributed by atoms with van der Waals surface area (Å²) in [6.45, 7) is 9.58. The Kier molecular flexibility index (Phi) is 3.57. The van der Waals surface area contributed by atoms with Gasteiger partial charge < -0.3 is 5.32 Å². The minimum Gasteiger partial charge on any atom is -0.316 e. The largest absolute Gasteiger partial charge is 0.316 e. The van der Waals surface area contributed by atoms with Crippen LogP contribution in [0.1, 0.15) is 46.5 Å². The van der Waals surface area contributed by atoms with E-state index in [9.17, 15) is 0 Å². The van der Waals surface area contributed by atoms with E-state index in [0.29, 0.717) is 5.41 Å². The van der Waals surface area contributed by atoms with Crippen molar-refractivity contribution < 1.29 is 0 Å². The molecule has 0 radical (unpaired) electrons. The summed E-state index contributed by atoms with van der Waals surface area (Å²) >= 11 is 0. The fourth-order valence-electron chi connectivity index (χ4n) is 1.73. The van der Waals surface area contributed by atoms with Gasteiger partial charge in [-0.3, -0.25) is 0 Å². The smallest absolute Gasteiger partial charge is 0.00200 e. The molecule has 1 aliphatic heterocycles. The average Bonchev–Trinajstić information content (AvgIpc) is 2.53. The maximum absolute atomic E-state index is 3.43. The lowest BCUT2D eigenvalue weighted by molar-refractivity contribution is 0.288. The van der Waals surface area contributed by atoms with Gasteiger partial charge in [-0.1, -0.05) is 27.2 Å². The SMILES string of the molecule is CCC(C)(C)CCC1CCNC1. The molecule has 1 fully saturated rings. The van der Waals surface area contributed by atoms with Gasteiger partial charge in [-0.25, -0.2) is 0 Å². The summed E-state index contributed by atoms with van der Waals surface area (Å²) in [6, 6.07) is 0. The zero-order chi connectivity index (χ0) is 9.03. The highest BCUT2D eigenvalue weighted by molar-refractivity contribution is 4.75. The van der Waals surface area contributed by atoms with Gasteiger partial charge in [0.2, 0.25) is 0 Å². The normalized spacial score (nSPS) is 24.8. The lowest BCUT2D eigenvalue weighted by Crippen LogP contribution is -2.14. The number of hydrogen-bond donors (Lipinski definition) is 1. The summed E-state index contributed by atoms with van der Waals surface area (Å²) in [5.41, 5.74) is 0.572. The molecular weight excluding hydrogens is 146 g/mol. The van der Waals surface area contributed by atoms with Crippen molar-refractivity contribution in [2.24, 2.45) is 11.3 Å². The van der Waals surface area contributed by atoms with Crippen LogP contribution >= 0.6 is 0 Å². The van der Waals surface area contributed by atoms with Gasteiger partial charge in [0.15, 0.2) is 0 Å². The predicted octanol–water partition coefficient (Wildman–Crippen LogP) is 2.81. The van der Waals surface area contributed by atoms with Gasteiger partial charge in [0.1, 0.15) is 0 Å². The predicted molar refractivity (Wildman–Crippen MR) is 54.3 cm³/mol. The van der Waals surface area contributed by atoms with Crippen LogP contribution in [-0.2, 0) is 0 Å². The van der Waals surface area contributed by atoms with Crippen molar-refractivity contribution in [1.82, 2.24) is 5.32 Å². The third-order valence-electron chi connectivity index (χ3n) is 3.35. The Morgan fingerprint density at radius 3 is 2.67 bits per heavy atom. The van der Waals surface area contributed by atoms with E-state index < -0.39 is 0 Å². The van der Waals surface area contributed by atoms with Crippen molar-refractivity contribution >= 4 is 0 Å². The van der Waals surface area contributed by atoms with Crippen LogP contribution in [0.15, 0.2) is 0 Å². The second-order valence-corrected chi connectivity index (χ2v) is 4.92. The summed E-state index contributed by atoms with van der Waals surface area (Å²) in [5, 5.41) is 3.43. The molecule has 0 amide bonds. The molecule has 0 spiro atoms. The molecule has 1 saturated heterocycles. The number of nitrogens with one attached hydrogen (secondary N) is 1. The summed E-state index contributed by atoms with van der Waals surface area (Å²) in [5.74, 6) is 0.968. The average molecular weight is 169 g/mol. The Bertz CT molecular complexity index is 123. The molecule has 1 N–H and O–H groups in total. The van der Waals surface area contributed by atoms with Crippen molar-refractivity contribution in [2.75, 3.05) is 13.1 Å². The maximum Gasteiger partial charge on any atom is -0.00200 e. The van der Waals surface area contributed by atoms with E-state index in [1.165, 1.54) is 38.8 Å². The molecule has 72 valence electrons. The Morgan fingerprint density at radius 1 is 1.42 bits per heavy atom. The third kappa shape index (κ3) is 3.14. The van der Waals surface area contributed by atoms with Crippen LogP contribution in [-0.4, -0.2) is 13.1 Å². The molecule has 1 aliphatic rings. The first-order valence-corrected chi connectivity index (χ1v) is 5.35. The topological polar surface area (TPSA) is 12.0 Å². The summed E-state index contributed by atoms with van der Waals surface area (Å²) in [6.07, 6.45) is 5.54. The van der Waals surface area contributed by atoms with E-state index in [4.69, 9.17) is 0 Å². The maximum atomic E-state index is 3.43. The highest BCUT2D eigenvalue weighted by Gasteiger charge is 2.20. The second kappa shape index (κ2) is 4.27. The molecule has 1 heterocycles. The zero-order valence-corrected chi connectivity index (χ0v) is 8.82. The number of hydrogen-bond acceptors (Lipinski definition) is 1. The Hall–Kier alpha value is -0.0400. The Labute approximate surface area is 76.9 Å². The quantitative estimate of drug-likeness (QED) is 0.682. The van der Waals surface area contributed by atoms with Gasteiger partial charge in [0.05, 0.1) is 0 Å². The van der Waals surface area contributed by atoms with Crippen molar-refractivity contribution in [3.63, 3.8) is 0 Å². The van der Waals surface area contributed by atoms with Crippen LogP contribution in [0, 0.1) is 11.3 Å². The molecular formula is C11H23N. The fraction of sp³-hybridized carbons (Fsp3) is 1.00. The van der Waals surface area contributed by atoms with E-state index in [2.05, 4.69) is 26.1 Å². The third-order valence-corrected chi connectivity index (χ3v) is 3.35. The van der Waals surface area contributed by atoms with Crippen molar-refractivity contribution in [3.8, 4) is 0 Å². The van der Waals surface area contributed by atoms with Gasteiger partial charge in [0.25, 0.3) is 0 Å². The molecule has 12 heavy (non-hydrogen) atoms. The molecule has 0 bridgehead atoms. The highest BCUT2D eigenvalue weighted by Crippen LogP contribution is 2.29. The molecule has 0 saturated carbocycles. The lowest BCUT2D eigenvalue weighted by Gasteiger charge is -2.23. The van der Waals surface area contributed by atoms with Gasteiger partial charge >= 0.3 is 0 Å².